The van der Waals surface area contributed by atoms with Gasteiger partial charge >= 0.3 is 0 Å². The van der Waals surface area contributed by atoms with Gasteiger partial charge in [-0.25, -0.2) is 4.39 Å². The van der Waals surface area contributed by atoms with Gasteiger partial charge in [-0.1, -0.05) is 0 Å². The summed E-state index contributed by atoms with van der Waals surface area (Å²) in [5.41, 5.74) is 0.549. The molecule has 1 aromatic rings. The molecule has 1 aromatic carbocycles. The van der Waals surface area contributed by atoms with Crippen molar-refractivity contribution in [2.75, 3.05) is 13.1 Å². The Morgan fingerprint density at radius 1 is 1.18 bits per heavy atom. The first-order valence-electron chi connectivity index (χ1n) is 5.92. The van der Waals surface area contributed by atoms with Gasteiger partial charge in [0.25, 0.3) is 5.91 Å². The molecule has 2 fully saturated rings. The lowest BCUT2D eigenvalue weighted by Crippen LogP contribution is -2.45. The van der Waals surface area contributed by atoms with Crippen LogP contribution >= 0.6 is 0 Å². The van der Waals surface area contributed by atoms with Crippen molar-refractivity contribution in [3.63, 3.8) is 0 Å². The minimum absolute atomic E-state index is 0.0230. The van der Waals surface area contributed by atoms with Crippen molar-refractivity contribution in [2.45, 2.75) is 25.0 Å². The van der Waals surface area contributed by atoms with Crippen molar-refractivity contribution < 1.29 is 13.9 Å². The number of halogens is 1. The SMILES string of the molecule is O=C(c1ccc(F)cc1)N1CC2CCC(C1)O2. The molecule has 4 heteroatoms. The zero-order chi connectivity index (χ0) is 11.8. The number of rotatable bonds is 1. The molecule has 2 saturated heterocycles. The Morgan fingerprint density at radius 3 is 2.35 bits per heavy atom. The van der Waals surface area contributed by atoms with Crippen LogP contribution in [0.1, 0.15) is 23.2 Å². The van der Waals surface area contributed by atoms with Crippen molar-refractivity contribution in [1.29, 1.82) is 0 Å². The molecule has 2 heterocycles. The molecule has 3 rings (SSSR count). The zero-order valence-electron chi connectivity index (χ0n) is 9.43. The lowest BCUT2D eigenvalue weighted by molar-refractivity contribution is -0.0303. The molecule has 0 saturated carbocycles. The second kappa shape index (κ2) is 4.11. The van der Waals surface area contributed by atoms with Crippen molar-refractivity contribution in [3.8, 4) is 0 Å². The van der Waals surface area contributed by atoms with Gasteiger partial charge in [0.1, 0.15) is 5.82 Å². The summed E-state index contributed by atoms with van der Waals surface area (Å²) >= 11 is 0. The summed E-state index contributed by atoms with van der Waals surface area (Å²) in [7, 11) is 0. The van der Waals surface area contributed by atoms with Gasteiger partial charge in [0.15, 0.2) is 0 Å². The van der Waals surface area contributed by atoms with E-state index in [4.69, 9.17) is 4.74 Å². The van der Waals surface area contributed by atoms with Crippen LogP contribution in [-0.2, 0) is 4.74 Å². The lowest BCUT2D eigenvalue weighted by Gasteiger charge is -2.32. The number of ether oxygens (including phenoxy) is 1. The largest absolute Gasteiger partial charge is 0.371 e. The molecular formula is C13H14FNO2. The second-order valence-corrected chi connectivity index (χ2v) is 4.67. The Hall–Kier alpha value is -1.42. The normalized spacial score (nSPS) is 27.2. The molecule has 2 unspecified atom stereocenters. The van der Waals surface area contributed by atoms with Crippen molar-refractivity contribution in [3.05, 3.63) is 35.6 Å². The third-order valence-corrected chi connectivity index (χ3v) is 3.42. The quantitative estimate of drug-likeness (QED) is 0.743. The average molecular weight is 235 g/mol. The number of benzene rings is 1. The van der Waals surface area contributed by atoms with Crippen LogP contribution in [0.15, 0.2) is 24.3 Å². The third-order valence-electron chi connectivity index (χ3n) is 3.42. The number of carbonyl (C=O) groups is 1. The first-order chi connectivity index (χ1) is 8.22. The number of carbonyl (C=O) groups excluding carboxylic acids is 1. The molecule has 2 bridgehead atoms. The number of nitrogens with zero attached hydrogens (tertiary/aromatic N) is 1. The van der Waals surface area contributed by atoms with E-state index >= 15 is 0 Å². The number of fused-ring (bicyclic) bond motifs is 2. The van der Waals surface area contributed by atoms with E-state index in [1.165, 1.54) is 24.3 Å². The lowest BCUT2D eigenvalue weighted by atomic mass is 10.1. The number of likely N-dealkylation sites (tertiary alicyclic amines) is 1. The Bertz CT molecular complexity index is 420. The smallest absolute Gasteiger partial charge is 0.254 e. The highest BCUT2D eigenvalue weighted by molar-refractivity contribution is 5.94. The van der Waals surface area contributed by atoms with E-state index in [-0.39, 0.29) is 23.9 Å². The Kier molecular flexibility index (Phi) is 2.59. The molecule has 2 atom stereocenters. The predicted octanol–water partition coefficient (Wildman–Crippen LogP) is 1.83. The molecule has 1 amide bonds. The topological polar surface area (TPSA) is 29.5 Å². The maximum absolute atomic E-state index is 12.8. The maximum atomic E-state index is 12.8. The maximum Gasteiger partial charge on any atom is 0.254 e. The molecule has 0 radical (unpaired) electrons. The molecule has 2 aliphatic heterocycles. The standard InChI is InChI=1S/C13H14FNO2/c14-10-3-1-9(2-4-10)13(16)15-7-11-5-6-12(8-15)17-11/h1-4,11-12H,5-8H2. The predicted molar refractivity (Wildman–Crippen MR) is 60.2 cm³/mol. The van der Waals surface area contributed by atoms with Crippen LogP contribution in [0.25, 0.3) is 0 Å². The van der Waals surface area contributed by atoms with Crippen molar-refractivity contribution >= 4 is 5.91 Å². The molecule has 0 aromatic heterocycles. The van der Waals surface area contributed by atoms with Crippen LogP contribution < -0.4 is 0 Å². The first kappa shape index (κ1) is 10.7. The fourth-order valence-electron chi connectivity index (χ4n) is 2.56. The molecule has 17 heavy (non-hydrogen) atoms. The molecular weight excluding hydrogens is 221 g/mol. The summed E-state index contributed by atoms with van der Waals surface area (Å²) in [6.07, 6.45) is 2.46. The van der Waals surface area contributed by atoms with Crippen molar-refractivity contribution in [1.82, 2.24) is 4.90 Å². The Labute approximate surface area is 99.2 Å². The van der Waals surface area contributed by atoms with Gasteiger partial charge < -0.3 is 9.64 Å². The van der Waals surface area contributed by atoms with E-state index in [2.05, 4.69) is 0 Å². The number of hydrogen-bond donors (Lipinski definition) is 0. The minimum atomic E-state index is -0.316. The van der Waals surface area contributed by atoms with E-state index in [9.17, 15) is 9.18 Å². The van der Waals surface area contributed by atoms with E-state index in [1.807, 2.05) is 4.90 Å². The van der Waals surface area contributed by atoms with Crippen molar-refractivity contribution in [2.24, 2.45) is 0 Å². The van der Waals surface area contributed by atoms with E-state index < -0.39 is 0 Å². The third kappa shape index (κ3) is 2.05. The van der Waals surface area contributed by atoms with Gasteiger partial charge in [0, 0.05) is 18.7 Å². The van der Waals surface area contributed by atoms with Gasteiger partial charge in [-0.3, -0.25) is 4.79 Å². The molecule has 90 valence electrons. The highest BCUT2D eigenvalue weighted by Gasteiger charge is 2.35. The second-order valence-electron chi connectivity index (χ2n) is 4.67. The molecule has 3 nitrogen and oxygen atoms in total. The van der Waals surface area contributed by atoms with Gasteiger partial charge in [0.05, 0.1) is 12.2 Å². The monoisotopic (exact) mass is 235 g/mol. The number of hydrogen-bond acceptors (Lipinski definition) is 2. The fraction of sp³-hybridized carbons (Fsp3) is 0.462. The Balaban J connectivity index is 1.76. The highest BCUT2D eigenvalue weighted by atomic mass is 19.1. The van der Waals surface area contributed by atoms with Crippen LogP contribution in [0.4, 0.5) is 4.39 Å². The number of morpholine rings is 1. The molecule has 2 aliphatic rings. The van der Waals surface area contributed by atoms with Gasteiger partial charge in [0.2, 0.25) is 0 Å². The summed E-state index contributed by atoms with van der Waals surface area (Å²) in [4.78, 5) is 14.0. The summed E-state index contributed by atoms with van der Waals surface area (Å²) in [6.45, 7) is 1.32. The highest BCUT2D eigenvalue weighted by Crippen LogP contribution is 2.27. The van der Waals surface area contributed by atoms with Crippen LogP contribution in [-0.4, -0.2) is 36.1 Å². The van der Waals surface area contributed by atoms with Gasteiger partial charge in [-0.15, -0.1) is 0 Å². The summed E-state index contributed by atoms with van der Waals surface area (Å²) in [6, 6.07) is 5.72. The molecule has 0 N–H and O–H groups in total. The summed E-state index contributed by atoms with van der Waals surface area (Å²) in [5, 5.41) is 0. The first-order valence-corrected chi connectivity index (χ1v) is 5.92. The average Bonchev–Trinajstić information content (AvgIpc) is 2.68. The van der Waals surface area contributed by atoms with Crippen LogP contribution in [0.2, 0.25) is 0 Å². The van der Waals surface area contributed by atoms with Crippen LogP contribution in [0.3, 0.4) is 0 Å². The summed E-state index contributed by atoms with van der Waals surface area (Å²) < 4.78 is 18.5. The van der Waals surface area contributed by atoms with Crippen LogP contribution in [0, 0.1) is 5.82 Å². The van der Waals surface area contributed by atoms with E-state index in [0.29, 0.717) is 18.7 Å². The van der Waals surface area contributed by atoms with Gasteiger partial charge in [-0.05, 0) is 37.1 Å². The minimum Gasteiger partial charge on any atom is -0.371 e. The van der Waals surface area contributed by atoms with Crippen LogP contribution in [0.5, 0.6) is 0 Å². The Morgan fingerprint density at radius 2 is 1.76 bits per heavy atom. The summed E-state index contributed by atoms with van der Waals surface area (Å²) in [5.74, 6) is -0.339. The number of amides is 1. The zero-order valence-corrected chi connectivity index (χ0v) is 9.43. The molecule has 0 spiro atoms. The van der Waals surface area contributed by atoms with Gasteiger partial charge in [-0.2, -0.15) is 0 Å². The van der Waals surface area contributed by atoms with E-state index in [1.54, 1.807) is 0 Å². The van der Waals surface area contributed by atoms with E-state index in [0.717, 1.165) is 12.8 Å². The fourth-order valence-corrected chi connectivity index (χ4v) is 2.56. The molecule has 0 aliphatic carbocycles.